The molecule has 1 aromatic heterocycles. The highest BCUT2D eigenvalue weighted by Crippen LogP contribution is 2.41. The fraction of sp³-hybridized carbons (Fsp3) is 0.214. The molecule has 0 bridgehead atoms. The van der Waals surface area contributed by atoms with Gasteiger partial charge in [-0.15, -0.1) is 12.4 Å². The van der Waals surface area contributed by atoms with Crippen LogP contribution in [0.5, 0.6) is 0 Å². The second-order valence-corrected chi connectivity index (χ2v) is 5.85. The molecule has 0 aliphatic heterocycles. The molecule has 23 heavy (non-hydrogen) atoms. The van der Waals surface area contributed by atoms with E-state index >= 15 is 0 Å². The molecule has 2 aromatic rings. The molecule has 3 N–H and O–H groups in total. The maximum absolute atomic E-state index is 12.8. The molecule has 0 saturated carbocycles. The van der Waals surface area contributed by atoms with Crippen molar-refractivity contribution in [2.45, 2.75) is 29.1 Å². The first-order valence-corrected chi connectivity index (χ1v) is 7.37. The third kappa shape index (κ3) is 4.74. The van der Waals surface area contributed by atoms with Crippen molar-refractivity contribution in [1.29, 1.82) is 0 Å². The predicted octanol–water partition coefficient (Wildman–Crippen LogP) is 4.28. The third-order valence-corrected chi connectivity index (χ3v) is 4.62. The molecule has 3 nitrogen and oxygen atoms in total. The van der Waals surface area contributed by atoms with Crippen molar-refractivity contribution in [3.05, 3.63) is 52.3 Å². The number of pyridine rings is 1. The van der Waals surface area contributed by atoms with E-state index in [0.717, 1.165) is 23.9 Å². The topological polar surface area (TPSA) is 59.1 Å². The number of alkyl halides is 3. The van der Waals surface area contributed by atoms with Crippen molar-refractivity contribution in [3.8, 4) is 0 Å². The van der Waals surface area contributed by atoms with E-state index in [1.165, 1.54) is 12.4 Å². The number of aliphatic hydroxyl groups excluding tert-OH is 1. The van der Waals surface area contributed by atoms with Crippen molar-refractivity contribution < 1.29 is 18.3 Å². The summed E-state index contributed by atoms with van der Waals surface area (Å²) >= 11 is 7.17. The van der Waals surface area contributed by atoms with Crippen LogP contribution < -0.4 is 5.73 Å². The highest BCUT2D eigenvalue weighted by molar-refractivity contribution is 7.99. The molecule has 0 aliphatic rings. The lowest BCUT2D eigenvalue weighted by atomic mass is 10.1. The minimum absolute atomic E-state index is 0. The standard InChI is InChI=1S/C14H12ClF3N2OS.ClH/c15-11-4-10(14(16,17)18)3-8(5-19)13(11)22-12-1-2-20-6-9(12)7-21;/h1-4,6,21H,5,7,19H2;1H. The number of aliphatic hydroxyl groups is 1. The molecule has 1 heterocycles. The van der Waals surface area contributed by atoms with Gasteiger partial charge in [-0.2, -0.15) is 13.2 Å². The Kier molecular flexibility index (Phi) is 7.16. The molecule has 0 unspecified atom stereocenters. The van der Waals surface area contributed by atoms with Gasteiger partial charge in [0.15, 0.2) is 0 Å². The van der Waals surface area contributed by atoms with Gasteiger partial charge in [-0.3, -0.25) is 4.98 Å². The third-order valence-electron chi connectivity index (χ3n) is 2.91. The number of nitrogens with two attached hydrogens (primary N) is 1. The van der Waals surface area contributed by atoms with E-state index in [-0.39, 0.29) is 30.6 Å². The molecule has 0 fully saturated rings. The van der Waals surface area contributed by atoms with Crippen LogP contribution in [-0.2, 0) is 19.3 Å². The second kappa shape index (κ2) is 8.21. The van der Waals surface area contributed by atoms with E-state index in [1.807, 2.05) is 0 Å². The maximum Gasteiger partial charge on any atom is 0.416 e. The fourth-order valence-corrected chi connectivity index (χ4v) is 3.20. The Balaban J connectivity index is 0.00000264. The Morgan fingerprint density at radius 2 is 1.96 bits per heavy atom. The lowest BCUT2D eigenvalue weighted by molar-refractivity contribution is -0.137. The molecule has 0 aliphatic carbocycles. The van der Waals surface area contributed by atoms with Gasteiger partial charge in [0.05, 0.1) is 17.2 Å². The van der Waals surface area contributed by atoms with Crippen LogP contribution in [0.2, 0.25) is 5.02 Å². The van der Waals surface area contributed by atoms with Gasteiger partial charge in [-0.05, 0) is 23.8 Å². The van der Waals surface area contributed by atoms with Crippen LogP contribution in [0, 0.1) is 0 Å². The molecular formula is C14H13Cl2F3N2OS. The monoisotopic (exact) mass is 384 g/mol. The first-order chi connectivity index (χ1) is 10.4. The Labute approximate surface area is 146 Å². The summed E-state index contributed by atoms with van der Waals surface area (Å²) in [5, 5.41) is 9.26. The summed E-state index contributed by atoms with van der Waals surface area (Å²) in [7, 11) is 0. The van der Waals surface area contributed by atoms with Crippen molar-refractivity contribution in [2.75, 3.05) is 0 Å². The summed E-state index contributed by atoms with van der Waals surface area (Å²) in [5.74, 6) is 0. The fourth-order valence-electron chi connectivity index (χ4n) is 1.82. The van der Waals surface area contributed by atoms with Gasteiger partial charge in [0, 0.05) is 34.3 Å². The highest BCUT2D eigenvalue weighted by Gasteiger charge is 2.32. The van der Waals surface area contributed by atoms with Gasteiger partial charge in [0.25, 0.3) is 0 Å². The molecule has 0 radical (unpaired) electrons. The zero-order valence-electron chi connectivity index (χ0n) is 11.6. The van der Waals surface area contributed by atoms with E-state index in [9.17, 15) is 18.3 Å². The van der Waals surface area contributed by atoms with Crippen LogP contribution in [0.1, 0.15) is 16.7 Å². The summed E-state index contributed by atoms with van der Waals surface area (Å²) in [5.41, 5.74) is 5.58. The van der Waals surface area contributed by atoms with Crippen molar-refractivity contribution in [1.82, 2.24) is 4.98 Å². The first-order valence-electron chi connectivity index (χ1n) is 6.18. The molecule has 0 saturated heterocycles. The molecule has 126 valence electrons. The molecule has 0 atom stereocenters. The van der Waals surface area contributed by atoms with Gasteiger partial charge < -0.3 is 10.8 Å². The van der Waals surface area contributed by atoms with E-state index in [1.54, 1.807) is 6.07 Å². The summed E-state index contributed by atoms with van der Waals surface area (Å²) in [4.78, 5) is 4.99. The quantitative estimate of drug-likeness (QED) is 0.825. The predicted molar refractivity (Wildman–Crippen MR) is 85.9 cm³/mol. The van der Waals surface area contributed by atoms with Crippen molar-refractivity contribution in [2.24, 2.45) is 5.73 Å². The second-order valence-electron chi connectivity index (χ2n) is 4.39. The van der Waals surface area contributed by atoms with Gasteiger partial charge in [-0.25, -0.2) is 0 Å². The van der Waals surface area contributed by atoms with Crippen LogP contribution in [0.25, 0.3) is 0 Å². The number of hydrogen-bond acceptors (Lipinski definition) is 4. The van der Waals surface area contributed by atoms with Gasteiger partial charge in [0.1, 0.15) is 0 Å². The minimum Gasteiger partial charge on any atom is -0.392 e. The van der Waals surface area contributed by atoms with E-state index < -0.39 is 11.7 Å². The number of nitrogens with zero attached hydrogens (tertiary/aromatic N) is 1. The Morgan fingerprint density at radius 3 is 2.52 bits per heavy atom. The normalized spacial score (nSPS) is 11.2. The van der Waals surface area contributed by atoms with Crippen molar-refractivity contribution >= 4 is 35.8 Å². The van der Waals surface area contributed by atoms with E-state index in [0.29, 0.717) is 20.9 Å². The first kappa shape index (κ1) is 20.1. The van der Waals surface area contributed by atoms with Gasteiger partial charge in [-0.1, -0.05) is 23.4 Å². The molecule has 0 spiro atoms. The highest BCUT2D eigenvalue weighted by atomic mass is 35.5. The number of hydrogen-bond donors (Lipinski definition) is 2. The van der Waals surface area contributed by atoms with Crippen LogP contribution in [0.3, 0.4) is 0 Å². The number of halogens is 5. The van der Waals surface area contributed by atoms with E-state index in [4.69, 9.17) is 17.3 Å². The summed E-state index contributed by atoms with van der Waals surface area (Å²) in [6.07, 6.45) is -1.46. The Bertz CT molecular complexity index is 684. The van der Waals surface area contributed by atoms with Crippen LogP contribution in [0.4, 0.5) is 13.2 Å². The SMILES string of the molecule is Cl.NCc1cc(C(F)(F)F)cc(Cl)c1Sc1ccncc1CO. The summed E-state index contributed by atoms with van der Waals surface area (Å²) in [6, 6.07) is 3.53. The van der Waals surface area contributed by atoms with Crippen LogP contribution in [-0.4, -0.2) is 10.1 Å². The van der Waals surface area contributed by atoms with Crippen molar-refractivity contribution in [3.63, 3.8) is 0 Å². The zero-order chi connectivity index (χ0) is 16.3. The Morgan fingerprint density at radius 1 is 1.26 bits per heavy atom. The average molecular weight is 385 g/mol. The van der Waals surface area contributed by atoms with Gasteiger partial charge >= 0.3 is 6.18 Å². The largest absolute Gasteiger partial charge is 0.416 e. The number of benzene rings is 1. The molecule has 0 amide bonds. The Hall–Kier alpha value is -0.990. The van der Waals surface area contributed by atoms with Gasteiger partial charge in [0.2, 0.25) is 0 Å². The summed E-state index contributed by atoms with van der Waals surface area (Å²) < 4.78 is 38.4. The minimum atomic E-state index is -4.48. The molecule has 1 aromatic carbocycles. The average Bonchev–Trinajstić information content (AvgIpc) is 2.48. The van der Waals surface area contributed by atoms with E-state index in [2.05, 4.69) is 4.98 Å². The molecule has 9 heteroatoms. The number of aromatic nitrogens is 1. The lowest BCUT2D eigenvalue weighted by Gasteiger charge is -2.15. The van der Waals surface area contributed by atoms with Crippen LogP contribution >= 0.6 is 35.8 Å². The van der Waals surface area contributed by atoms with Crippen LogP contribution in [0.15, 0.2) is 40.4 Å². The zero-order valence-corrected chi connectivity index (χ0v) is 14.0. The smallest absolute Gasteiger partial charge is 0.392 e. The number of rotatable bonds is 4. The maximum atomic E-state index is 12.8. The molecular weight excluding hydrogens is 372 g/mol. The summed E-state index contributed by atoms with van der Waals surface area (Å²) in [6.45, 7) is -0.308. The molecule has 2 rings (SSSR count). The lowest BCUT2D eigenvalue weighted by Crippen LogP contribution is -2.08.